The van der Waals surface area contributed by atoms with Crippen LogP contribution in [0.2, 0.25) is 0 Å². The Kier molecular flexibility index (Phi) is 2.88. The number of amides is 1. The highest BCUT2D eigenvalue weighted by Gasteiger charge is 2.56. The fraction of sp³-hybridized carbons (Fsp3) is 0.909. The minimum absolute atomic E-state index is 0.378. The van der Waals surface area contributed by atoms with E-state index in [2.05, 4.69) is 0 Å². The molecule has 3 nitrogen and oxygen atoms in total. The molecule has 1 aliphatic heterocycles. The molecular weight excluding hydrogens is 233 g/mol. The molecule has 3 unspecified atom stereocenters. The highest BCUT2D eigenvalue weighted by molar-refractivity contribution is 5.87. The maximum absolute atomic E-state index is 12.7. The zero-order valence-electron chi connectivity index (χ0n) is 9.76. The molecule has 2 N–H and O–H groups in total. The summed E-state index contributed by atoms with van der Waals surface area (Å²) in [5.74, 6) is -0.231. The number of carbonyl (C=O) groups is 1. The third-order valence-corrected chi connectivity index (χ3v) is 4.05. The SMILES string of the molecule is CC(N)(C(=O)N1CC2CCCC2C1)C(F)(F)F. The van der Waals surface area contributed by atoms with Crippen LogP contribution < -0.4 is 5.73 Å². The van der Waals surface area contributed by atoms with Crippen molar-refractivity contribution >= 4 is 5.91 Å². The zero-order valence-corrected chi connectivity index (χ0v) is 9.76. The lowest BCUT2D eigenvalue weighted by molar-refractivity contribution is -0.193. The van der Waals surface area contributed by atoms with E-state index in [1.54, 1.807) is 0 Å². The van der Waals surface area contributed by atoms with E-state index in [1.165, 1.54) is 4.90 Å². The molecule has 2 aliphatic rings. The van der Waals surface area contributed by atoms with Gasteiger partial charge in [-0.05, 0) is 31.6 Å². The van der Waals surface area contributed by atoms with Crippen LogP contribution in [-0.2, 0) is 4.79 Å². The van der Waals surface area contributed by atoms with Crippen molar-refractivity contribution in [1.29, 1.82) is 0 Å². The number of carbonyl (C=O) groups excluding carboxylic acids is 1. The fourth-order valence-electron chi connectivity index (χ4n) is 2.85. The van der Waals surface area contributed by atoms with Crippen molar-refractivity contribution < 1.29 is 18.0 Å². The lowest BCUT2D eigenvalue weighted by atomic mass is 10.0. The second-order valence-electron chi connectivity index (χ2n) is 5.36. The second kappa shape index (κ2) is 3.86. The maximum atomic E-state index is 12.7. The molecule has 0 radical (unpaired) electrons. The lowest BCUT2D eigenvalue weighted by Crippen LogP contribution is -2.61. The predicted octanol–water partition coefficient (Wildman–Crippen LogP) is 1.52. The van der Waals surface area contributed by atoms with E-state index in [0.717, 1.165) is 26.2 Å². The van der Waals surface area contributed by atoms with Crippen LogP contribution in [0.25, 0.3) is 0 Å². The van der Waals surface area contributed by atoms with Gasteiger partial charge >= 0.3 is 6.18 Å². The summed E-state index contributed by atoms with van der Waals surface area (Å²) in [7, 11) is 0. The van der Waals surface area contributed by atoms with Gasteiger partial charge in [0.2, 0.25) is 0 Å². The van der Waals surface area contributed by atoms with Crippen LogP contribution in [0.3, 0.4) is 0 Å². The number of likely N-dealkylation sites (tertiary alicyclic amines) is 1. The standard InChI is InChI=1S/C11H17F3N2O/c1-10(15,11(12,13)14)9(17)16-5-7-3-2-4-8(7)6-16/h7-8H,2-6,15H2,1H3. The Morgan fingerprint density at radius 1 is 1.24 bits per heavy atom. The fourth-order valence-corrected chi connectivity index (χ4v) is 2.85. The van der Waals surface area contributed by atoms with E-state index < -0.39 is 17.6 Å². The molecule has 6 heteroatoms. The monoisotopic (exact) mass is 250 g/mol. The largest absolute Gasteiger partial charge is 0.415 e. The molecule has 0 aromatic heterocycles. The number of hydrogen-bond acceptors (Lipinski definition) is 2. The molecule has 0 aromatic carbocycles. The number of nitrogens with zero attached hydrogens (tertiary/aromatic N) is 1. The first-order valence-corrected chi connectivity index (χ1v) is 5.88. The summed E-state index contributed by atoms with van der Waals surface area (Å²) in [6.07, 6.45) is -1.54. The van der Waals surface area contributed by atoms with Gasteiger partial charge in [0.1, 0.15) is 0 Å². The average Bonchev–Trinajstić information content (AvgIpc) is 2.73. The average molecular weight is 250 g/mol. The van der Waals surface area contributed by atoms with Gasteiger partial charge in [-0.25, -0.2) is 0 Å². The Hall–Kier alpha value is -0.780. The number of fused-ring (bicyclic) bond motifs is 1. The van der Waals surface area contributed by atoms with Crippen molar-refractivity contribution in [1.82, 2.24) is 4.90 Å². The second-order valence-corrected chi connectivity index (χ2v) is 5.36. The molecule has 0 bridgehead atoms. The number of alkyl halides is 3. The van der Waals surface area contributed by atoms with E-state index in [9.17, 15) is 18.0 Å². The van der Waals surface area contributed by atoms with Crippen LogP contribution in [0.4, 0.5) is 13.2 Å². The van der Waals surface area contributed by atoms with Gasteiger partial charge in [0.05, 0.1) is 0 Å². The van der Waals surface area contributed by atoms with Gasteiger partial charge in [0.25, 0.3) is 5.91 Å². The molecular formula is C11H17F3N2O. The maximum Gasteiger partial charge on any atom is 0.415 e. The summed E-state index contributed by atoms with van der Waals surface area (Å²) in [6, 6.07) is 0. The first-order chi connectivity index (χ1) is 7.73. The molecule has 0 aromatic rings. The molecule has 1 aliphatic carbocycles. The zero-order chi connectivity index (χ0) is 12.8. The van der Waals surface area contributed by atoms with Crippen molar-refractivity contribution in [2.24, 2.45) is 17.6 Å². The first-order valence-electron chi connectivity index (χ1n) is 5.88. The van der Waals surface area contributed by atoms with Gasteiger partial charge in [0, 0.05) is 13.1 Å². The minimum Gasteiger partial charge on any atom is -0.340 e. The van der Waals surface area contributed by atoms with E-state index in [0.29, 0.717) is 24.9 Å². The molecule has 1 amide bonds. The van der Waals surface area contributed by atoms with Gasteiger partial charge in [-0.2, -0.15) is 13.2 Å². The van der Waals surface area contributed by atoms with E-state index in [-0.39, 0.29) is 0 Å². The number of rotatable bonds is 1. The van der Waals surface area contributed by atoms with Crippen molar-refractivity contribution in [3.8, 4) is 0 Å². The molecule has 0 spiro atoms. The molecule has 1 heterocycles. The summed E-state index contributed by atoms with van der Waals surface area (Å²) in [4.78, 5) is 13.1. The van der Waals surface area contributed by atoms with Gasteiger partial charge in [0.15, 0.2) is 5.54 Å². The minimum atomic E-state index is -4.69. The van der Waals surface area contributed by atoms with Crippen LogP contribution in [0.5, 0.6) is 0 Å². The first kappa shape index (κ1) is 12.7. The van der Waals surface area contributed by atoms with E-state index in [1.807, 2.05) is 0 Å². The summed E-state index contributed by atoms with van der Waals surface area (Å²) < 4.78 is 38.0. The van der Waals surface area contributed by atoms with E-state index in [4.69, 9.17) is 5.73 Å². The van der Waals surface area contributed by atoms with Crippen molar-refractivity contribution in [3.05, 3.63) is 0 Å². The van der Waals surface area contributed by atoms with Crippen LogP contribution >= 0.6 is 0 Å². The van der Waals surface area contributed by atoms with Gasteiger partial charge < -0.3 is 10.6 Å². The van der Waals surface area contributed by atoms with Gasteiger partial charge in [-0.15, -0.1) is 0 Å². The topological polar surface area (TPSA) is 46.3 Å². The van der Waals surface area contributed by atoms with Crippen LogP contribution in [0.1, 0.15) is 26.2 Å². The summed E-state index contributed by atoms with van der Waals surface area (Å²) in [6.45, 7) is 1.63. The highest BCUT2D eigenvalue weighted by Crippen LogP contribution is 2.39. The van der Waals surface area contributed by atoms with Crippen molar-refractivity contribution in [2.75, 3.05) is 13.1 Å². The number of nitrogens with two attached hydrogens (primary N) is 1. The van der Waals surface area contributed by atoms with Crippen LogP contribution in [0, 0.1) is 11.8 Å². The summed E-state index contributed by atoms with van der Waals surface area (Å²) in [5.41, 5.74) is 2.39. The molecule has 2 rings (SSSR count). The van der Waals surface area contributed by atoms with Crippen LogP contribution in [0.15, 0.2) is 0 Å². The van der Waals surface area contributed by atoms with Gasteiger partial charge in [-0.1, -0.05) is 6.42 Å². The normalized spacial score (nSPS) is 32.4. The smallest absolute Gasteiger partial charge is 0.340 e. The quantitative estimate of drug-likeness (QED) is 0.767. The lowest BCUT2D eigenvalue weighted by Gasteiger charge is -2.31. The predicted molar refractivity (Wildman–Crippen MR) is 56.1 cm³/mol. The third kappa shape index (κ3) is 2.03. The summed E-state index contributed by atoms with van der Waals surface area (Å²) >= 11 is 0. The van der Waals surface area contributed by atoms with E-state index >= 15 is 0 Å². The van der Waals surface area contributed by atoms with Crippen LogP contribution in [-0.4, -0.2) is 35.6 Å². The summed E-state index contributed by atoms with van der Waals surface area (Å²) in [5, 5.41) is 0. The Balaban J connectivity index is 2.07. The number of hydrogen-bond donors (Lipinski definition) is 1. The van der Waals surface area contributed by atoms with Crippen molar-refractivity contribution in [3.63, 3.8) is 0 Å². The Morgan fingerprint density at radius 3 is 2.12 bits per heavy atom. The Morgan fingerprint density at radius 2 is 1.71 bits per heavy atom. The van der Waals surface area contributed by atoms with Gasteiger partial charge in [-0.3, -0.25) is 4.79 Å². The molecule has 98 valence electrons. The highest BCUT2D eigenvalue weighted by atomic mass is 19.4. The molecule has 2 fully saturated rings. The number of halogens is 3. The Bertz CT molecular complexity index is 315. The molecule has 1 saturated heterocycles. The Labute approximate surface area is 98.1 Å². The third-order valence-electron chi connectivity index (χ3n) is 4.05. The molecule has 1 saturated carbocycles. The molecule has 17 heavy (non-hydrogen) atoms. The van der Waals surface area contributed by atoms with Crippen molar-refractivity contribution in [2.45, 2.75) is 37.9 Å². The molecule has 3 atom stereocenters.